The lowest BCUT2D eigenvalue weighted by molar-refractivity contribution is -0.144. The van der Waals surface area contributed by atoms with Gasteiger partial charge in [0.15, 0.2) is 0 Å². The van der Waals surface area contributed by atoms with Gasteiger partial charge in [0.25, 0.3) is 0 Å². The van der Waals surface area contributed by atoms with Crippen molar-refractivity contribution in [3.8, 4) is 0 Å². The fourth-order valence-electron chi connectivity index (χ4n) is 2.34. The predicted octanol–water partition coefficient (Wildman–Crippen LogP) is 2.40. The Morgan fingerprint density at radius 1 is 1.35 bits per heavy atom. The molecule has 100 valence electrons. The van der Waals surface area contributed by atoms with Crippen LogP contribution in [0.1, 0.15) is 53.4 Å². The minimum Gasteiger partial charge on any atom is -0.339 e. The van der Waals surface area contributed by atoms with Crippen LogP contribution < -0.4 is 5.73 Å². The predicted molar refractivity (Wildman–Crippen MR) is 71.6 cm³/mol. The second-order valence-corrected chi connectivity index (χ2v) is 5.69. The first-order valence-corrected chi connectivity index (χ1v) is 7.01. The highest BCUT2D eigenvalue weighted by atomic mass is 16.2. The van der Waals surface area contributed by atoms with Gasteiger partial charge in [-0.1, -0.05) is 13.8 Å². The van der Waals surface area contributed by atoms with Crippen LogP contribution in [-0.4, -0.2) is 29.9 Å². The summed E-state index contributed by atoms with van der Waals surface area (Å²) in [6.45, 7) is 9.75. The largest absolute Gasteiger partial charge is 0.339 e. The number of carbonyl (C=O) groups excluding carboxylic acids is 1. The molecule has 0 aromatic carbocycles. The summed E-state index contributed by atoms with van der Waals surface area (Å²) in [6, 6.07) is 0.284. The van der Waals surface area contributed by atoms with Gasteiger partial charge in [0.2, 0.25) is 5.91 Å². The van der Waals surface area contributed by atoms with E-state index in [1.165, 1.54) is 12.8 Å². The van der Waals surface area contributed by atoms with Crippen LogP contribution in [0.5, 0.6) is 0 Å². The van der Waals surface area contributed by atoms with E-state index in [0.717, 1.165) is 25.3 Å². The SMILES string of the molecule is CCC(CC)(CN)C(=O)N(CC1CC1)C(C)C. The van der Waals surface area contributed by atoms with E-state index < -0.39 is 0 Å². The molecule has 17 heavy (non-hydrogen) atoms. The second kappa shape index (κ2) is 5.85. The van der Waals surface area contributed by atoms with Crippen LogP contribution in [0.4, 0.5) is 0 Å². The monoisotopic (exact) mass is 240 g/mol. The second-order valence-electron chi connectivity index (χ2n) is 5.69. The summed E-state index contributed by atoms with van der Waals surface area (Å²) in [5.74, 6) is 1.01. The van der Waals surface area contributed by atoms with Crippen LogP contribution >= 0.6 is 0 Å². The topological polar surface area (TPSA) is 46.3 Å². The van der Waals surface area contributed by atoms with Gasteiger partial charge >= 0.3 is 0 Å². The minimum absolute atomic E-state index is 0.270. The molecule has 0 aromatic heterocycles. The molecule has 0 atom stereocenters. The summed E-state index contributed by atoms with van der Waals surface area (Å²) < 4.78 is 0. The van der Waals surface area contributed by atoms with Gasteiger partial charge in [0, 0.05) is 19.1 Å². The van der Waals surface area contributed by atoms with Crippen molar-refractivity contribution in [2.24, 2.45) is 17.1 Å². The standard InChI is InChI=1S/C14H28N2O/c1-5-14(6-2,10-15)13(17)16(11(3)4)9-12-7-8-12/h11-12H,5-10,15H2,1-4H3. The maximum absolute atomic E-state index is 12.7. The Morgan fingerprint density at radius 2 is 1.88 bits per heavy atom. The van der Waals surface area contributed by atoms with E-state index in [9.17, 15) is 4.79 Å². The Balaban J connectivity index is 2.79. The lowest BCUT2D eigenvalue weighted by Crippen LogP contribution is -2.50. The van der Waals surface area contributed by atoms with Crippen LogP contribution in [0.3, 0.4) is 0 Å². The average molecular weight is 240 g/mol. The smallest absolute Gasteiger partial charge is 0.230 e. The fraction of sp³-hybridized carbons (Fsp3) is 0.929. The van der Waals surface area contributed by atoms with Crippen LogP contribution in [0.15, 0.2) is 0 Å². The van der Waals surface area contributed by atoms with Gasteiger partial charge in [-0.3, -0.25) is 4.79 Å². The Labute approximate surface area is 106 Å². The Bertz CT molecular complexity index is 247. The van der Waals surface area contributed by atoms with E-state index in [4.69, 9.17) is 5.73 Å². The van der Waals surface area contributed by atoms with Crippen molar-refractivity contribution in [1.82, 2.24) is 4.90 Å². The van der Waals surface area contributed by atoms with Crippen molar-refractivity contribution < 1.29 is 4.79 Å². The zero-order valence-electron chi connectivity index (χ0n) is 11.8. The van der Waals surface area contributed by atoms with E-state index in [2.05, 4.69) is 32.6 Å². The molecular weight excluding hydrogens is 212 g/mol. The lowest BCUT2D eigenvalue weighted by Gasteiger charge is -2.37. The van der Waals surface area contributed by atoms with Gasteiger partial charge in [0.1, 0.15) is 0 Å². The third-order valence-electron chi connectivity index (χ3n) is 4.23. The van der Waals surface area contributed by atoms with Gasteiger partial charge in [-0.25, -0.2) is 0 Å². The molecule has 1 amide bonds. The molecule has 2 N–H and O–H groups in total. The van der Waals surface area contributed by atoms with Crippen LogP contribution in [0.25, 0.3) is 0 Å². The Kier molecular flexibility index (Phi) is 4.99. The number of hydrogen-bond donors (Lipinski definition) is 1. The number of hydrogen-bond acceptors (Lipinski definition) is 2. The maximum Gasteiger partial charge on any atom is 0.230 e. The molecule has 3 heteroatoms. The van der Waals surface area contributed by atoms with Crippen molar-refractivity contribution in [3.05, 3.63) is 0 Å². The summed E-state index contributed by atoms with van der Waals surface area (Å²) in [5, 5.41) is 0. The first kappa shape index (κ1) is 14.5. The van der Waals surface area contributed by atoms with E-state index in [0.29, 0.717) is 6.54 Å². The van der Waals surface area contributed by atoms with Crippen LogP contribution in [-0.2, 0) is 4.79 Å². The first-order valence-electron chi connectivity index (χ1n) is 7.01. The van der Waals surface area contributed by atoms with Gasteiger partial charge < -0.3 is 10.6 Å². The molecular formula is C14H28N2O. The molecule has 0 unspecified atom stereocenters. The number of rotatable bonds is 7. The van der Waals surface area contributed by atoms with E-state index >= 15 is 0 Å². The van der Waals surface area contributed by atoms with Crippen molar-refractivity contribution in [2.75, 3.05) is 13.1 Å². The van der Waals surface area contributed by atoms with Gasteiger partial charge in [0.05, 0.1) is 5.41 Å². The number of amides is 1. The molecule has 3 nitrogen and oxygen atoms in total. The molecule has 0 radical (unpaired) electrons. The fourth-order valence-corrected chi connectivity index (χ4v) is 2.34. The maximum atomic E-state index is 12.7. The van der Waals surface area contributed by atoms with E-state index in [1.54, 1.807) is 0 Å². The highest BCUT2D eigenvalue weighted by Crippen LogP contribution is 2.34. The van der Waals surface area contributed by atoms with E-state index in [1.807, 2.05) is 0 Å². The third-order valence-corrected chi connectivity index (χ3v) is 4.23. The van der Waals surface area contributed by atoms with E-state index in [-0.39, 0.29) is 17.4 Å². The normalized spacial score (nSPS) is 16.4. The first-order chi connectivity index (χ1) is 8.00. The number of carbonyl (C=O) groups is 1. The molecule has 1 aliphatic rings. The van der Waals surface area contributed by atoms with Gasteiger partial charge in [-0.2, -0.15) is 0 Å². The van der Waals surface area contributed by atoms with Crippen LogP contribution in [0, 0.1) is 11.3 Å². The highest BCUT2D eigenvalue weighted by molar-refractivity contribution is 5.83. The third kappa shape index (κ3) is 3.21. The molecule has 0 saturated heterocycles. The molecule has 1 fully saturated rings. The molecule has 0 aromatic rings. The molecule has 1 rings (SSSR count). The molecule has 1 aliphatic carbocycles. The summed E-state index contributed by atoms with van der Waals surface area (Å²) in [4.78, 5) is 14.8. The molecule has 0 bridgehead atoms. The van der Waals surface area contributed by atoms with Crippen molar-refractivity contribution in [1.29, 1.82) is 0 Å². The molecule has 0 heterocycles. The summed E-state index contributed by atoms with van der Waals surface area (Å²) in [7, 11) is 0. The summed E-state index contributed by atoms with van der Waals surface area (Å²) in [6.07, 6.45) is 4.24. The molecule has 0 aliphatic heterocycles. The summed E-state index contributed by atoms with van der Waals surface area (Å²) >= 11 is 0. The zero-order chi connectivity index (χ0) is 13.1. The molecule has 0 spiro atoms. The minimum atomic E-state index is -0.334. The van der Waals surface area contributed by atoms with Crippen molar-refractivity contribution in [2.45, 2.75) is 59.4 Å². The highest BCUT2D eigenvalue weighted by Gasteiger charge is 2.39. The summed E-state index contributed by atoms with van der Waals surface area (Å²) in [5.41, 5.74) is 5.53. The Hall–Kier alpha value is -0.570. The number of nitrogens with zero attached hydrogens (tertiary/aromatic N) is 1. The van der Waals surface area contributed by atoms with Crippen molar-refractivity contribution >= 4 is 5.91 Å². The van der Waals surface area contributed by atoms with Gasteiger partial charge in [-0.05, 0) is 45.4 Å². The van der Waals surface area contributed by atoms with Crippen molar-refractivity contribution in [3.63, 3.8) is 0 Å². The quantitative estimate of drug-likeness (QED) is 0.742. The molecule has 1 saturated carbocycles. The van der Waals surface area contributed by atoms with Crippen LogP contribution in [0.2, 0.25) is 0 Å². The van der Waals surface area contributed by atoms with Gasteiger partial charge in [-0.15, -0.1) is 0 Å². The average Bonchev–Trinajstić information content (AvgIpc) is 3.12. The Morgan fingerprint density at radius 3 is 2.18 bits per heavy atom. The lowest BCUT2D eigenvalue weighted by atomic mass is 9.80. The number of nitrogens with two attached hydrogens (primary N) is 1. The zero-order valence-corrected chi connectivity index (χ0v) is 11.8.